The first kappa shape index (κ1) is 37.0. The van der Waals surface area contributed by atoms with E-state index in [1.54, 1.807) is 5.56 Å². The number of fused-ring (bicyclic) bond motifs is 5. The first-order valence-corrected chi connectivity index (χ1v) is 22.7. The number of hydrogen-bond acceptors (Lipinski definition) is 3. The number of rotatable bonds is 9. The molecule has 3 heteroatoms. The molecule has 0 N–H and O–H groups in total. The van der Waals surface area contributed by atoms with E-state index in [0.717, 1.165) is 73.8 Å². The van der Waals surface area contributed by atoms with Gasteiger partial charge in [0.2, 0.25) is 0 Å². The predicted molar refractivity (Wildman–Crippen MR) is 258 cm³/mol. The zero-order chi connectivity index (χ0) is 41.0. The van der Waals surface area contributed by atoms with Gasteiger partial charge in [0.25, 0.3) is 0 Å². The number of furan rings is 1. The van der Waals surface area contributed by atoms with Crippen LogP contribution in [0.15, 0.2) is 205 Å². The molecule has 3 aliphatic carbocycles. The highest BCUT2D eigenvalue weighted by Gasteiger charge is 2.52. The second-order valence-electron chi connectivity index (χ2n) is 18.2. The topological polar surface area (TPSA) is 19.6 Å². The van der Waals surface area contributed by atoms with Gasteiger partial charge in [0.1, 0.15) is 11.2 Å². The van der Waals surface area contributed by atoms with Gasteiger partial charge in [0.05, 0.1) is 0 Å². The molecule has 0 radical (unpaired) electrons. The summed E-state index contributed by atoms with van der Waals surface area (Å²) in [6, 6.07) is 72.8. The number of benzene rings is 8. The third-order valence-electron chi connectivity index (χ3n) is 14.8. The molecule has 3 nitrogen and oxygen atoms in total. The first-order valence-electron chi connectivity index (χ1n) is 22.7. The highest BCUT2D eigenvalue weighted by atomic mass is 16.3. The Bertz CT molecular complexity index is 2970. The fraction of sp³-hybridized carbons (Fsp3) is 0.186. The lowest BCUT2D eigenvalue weighted by atomic mass is 9.47. The molecule has 302 valence electrons. The van der Waals surface area contributed by atoms with Crippen molar-refractivity contribution >= 4 is 56.1 Å². The zero-order valence-electron chi connectivity index (χ0n) is 35.0. The summed E-state index contributed by atoms with van der Waals surface area (Å²) < 4.78 is 6.17. The molecule has 0 amide bonds. The van der Waals surface area contributed by atoms with Crippen molar-refractivity contribution in [2.45, 2.75) is 50.4 Å². The summed E-state index contributed by atoms with van der Waals surface area (Å²) in [7, 11) is 0. The van der Waals surface area contributed by atoms with Crippen LogP contribution in [0.3, 0.4) is 0 Å². The van der Waals surface area contributed by atoms with E-state index >= 15 is 0 Å². The van der Waals surface area contributed by atoms with E-state index in [1.165, 1.54) is 67.2 Å². The van der Waals surface area contributed by atoms with Crippen LogP contribution in [0.1, 0.15) is 50.5 Å². The number of nitrogens with zero attached hydrogens (tertiary/aromatic N) is 2. The largest absolute Gasteiger partial charge is 0.456 e. The Kier molecular flexibility index (Phi) is 9.10. The maximum Gasteiger partial charge on any atom is 0.135 e. The van der Waals surface area contributed by atoms with Gasteiger partial charge in [-0.3, -0.25) is 0 Å². The van der Waals surface area contributed by atoms with Crippen molar-refractivity contribution in [1.82, 2.24) is 0 Å². The lowest BCUT2D eigenvalue weighted by molar-refractivity contribution is 0.000450. The lowest BCUT2D eigenvalue weighted by Gasteiger charge is -2.57. The minimum Gasteiger partial charge on any atom is -0.456 e. The van der Waals surface area contributed by atoms with Crippen LogP contribution >= 0.6 is 0 Å². The number of hydrogen-bond donors (Lipinski definition) is 0. The van der Waals surface area contributed by atoms with Gasteiger partial charge in [-0.2, -0.15) is 0 Å². The zero-order valence-corrected chi connectivity index (χ0v) is 35.0. The van der Waals surface area contributed by atoms with Crippen LogP contribution in [0.25, 0.3) is 44.2 Å². The SMILES string of the molecule is c1ccc(N(c2ccc(-c3ccc(N(c4ccccc4)c4ccc5oc6ccccc6c5c4)cc3)cc2)c2ccc(-c3ccc(C45CC6CCC4CCC(C6)C5)cc3)cc2)cc1. The highest BCUT2D eigenvalue weighted by Crippen LogP contribution is 2.60. The van der Waals surface area contributed by atoms with Crippen LogP contribution in [0.2, 0.25) is 0 Å². The van der Waals surface area contributed by atoms with Gasteiger partial charge in [-0.25, -0.2) is 0 Å². The third kappa shape index (κ3) is 6.50. The van der Waals surface area contributed by atoms with Crippen molar-refractivity contribution in [2.75, 3.05) is 9.80 Å². The number of para-hydroxylation sites is 3. The standard InChI is InChI=1S/C59H50N2O/c1-3-9-49(10-4-1)60(51-29-19-44(20-30-51)43-17-27-48(28-18-43)59-39-41-15-25-47(59)26-16-42(37-41)40-59)52-31-21-45(22-32-52)46-23-33-53(34-24-46)61(50-11-5-2-6-12-50)54-35-36-58-56(38-54)55-13-7-8-14-57(55)62-58/h1-14,17-24,27-36,38,41-42,47H,15-16,25-26,37,39-40H2. The summed E-state index contributed by atoms with van der Waals surface area (Å²) in [5.41, 5.74) is 15.4. The van der Waals surface area contributed by atoms with Crippen molar-refractivity contribution in [1.29, 1.82) is 0 Å². The molecule has 0 saturated heterocycles. The van der Waals surface area contributed by atoms with Crippen LogP contribution in [0.5, 0.6) is 0 Å². The summed E-state index contributed by atoms with van der Waals surface area (Å²) in [4.78, 5) is 4.67. The molecule has 62 heavy (non-hydrogen) atoms. The minimum absolute atomic E-state index is 0.429. The fourth-order valence-electron chi connectivity index (χ4n) is 11.9. The average Bonchev–Trinajstić information content (AvgIpc) is 3.71. The van der Waals surface area contributed by atoms with Crippen molar-refractivity contribution in [3.63, 3.8) is 0 Å². The monoisotopic (exact) mass is 802 g/mol. The maximum atomic E-state index is 6.17. The Morgan fingerprint density at radius 3 is 1.32 bits per heavy atom. The van der Waals surface area contributed by atoms with Gasteiger partial charge in [0, 0.05) is 44.9 Å². The van der Waals surface area contributed by atoms with Gasteiger partial charge < -0.3 is 14.2 Å². The van der Waals surface area contributed by atoms with Gasteiger partial charge in [-0.05, 0) is 168 Å². The van der Waals surface area contributed by atoms with Crippen molar-refractivity contribution in [3.8, 4) is 22.3 Å². The average molecular weight is 803 g/mol. The summed E-state index contributed by atoms with van der Waals surface area (Å²) in [5.74, 6) is 2.77. The Labute approximate surface area is 364 Å². The summed E-state index contributed by atoms with van der Waals surface area (Å²) in [6.45, 7) is 0. The van der Waals surface area contributed by atoms with Crippen LogP contribution in [-0.2, 0) is 5.41 Å². The second kappa shape index (κ2) is 15.3. The molecular formula is C59H50N2O. The molecule has 2 atom stereocenters. The Hall–Kier alpha value is -6.84. The van der Waals surface area contributed by atoms with Gasteiger partial charge in [-0.1, -0.05) is 128 Å². The molecule has 9 aromatic rings. The van der Waals surface area contributed by atoms with E-state index < -0.39 is 0 Å². The summed E-state index contributed by atoms with van der Waals surface area (Å²) in [6.07, 6.45) is 10.1. The number of anilines is 6. The van der Waals surface area contributed by atoms with Crippen molar-refractivity contribution < 1.29 is 4.42 Å². The molecule has 3 aliphatic rings. The first-order chi connectivity index (χ1) is 30.6. The summed E-state index contributed by atoms with van der Waals surface area (Å²) >= 11 is 0. The fourth-order valence-corrected chi connectivity index (χ4v) is 11.9. The lowest BCUT2D eigenvalue weighted by Crippen LogP contribution is -2.49. The van der Waals surface area contributed by atoms with Crippen LogP contribution < -0.4 is 9.80 Å². The Morgan fingerprint density at radius 1 is 0.371 bits per heavy atom. The van der Waals surface area contributed by atoms with Gasteiger partial charge in [0.15, 0.2) is 0 Å². The molecule has 8 aromatic carbocycles. The maximum absolute atomic E-state index is 6.17. The molecule has 0 spiro atoms. The quantitative estimate of drug-likeness (QED) is 0.145. The van der Waals surface area contributed by atoms with Crippen molar-refractivity contribution in [3.05, 3.63) is 206 Å². The van der Waals surface area contributed by atoms with Gasteiger partial charge in [-0.15, -0.1) is 0 Å². The van der Waals surface area contributed by atoms with E-state index in [4.69, 9.17) is 4.42 Å². The predicted octanol–water partition coefficient (Wildman–Crippen LogP) is 16.7. The molecule has 12 rings (SSSR count). The Morgan fingerprint density at radius 2 is 0.790 bits per heavy atom. The van der Waals surface area contributed by atoms with E-state index in [2.05, 4.69) is 198 Å². The molecule has 0 aliphatic heterocycles. The van der Waals surface area contributed by atoms with E-state index in [9.17, 15) is 0 Å². The molecule has 1 aromatic heterocycles. The molecule has 2 unspecified atom stereocenters. The van der Waals surface area contributed by atoms with Crippen LogP contribution in [-0.4, -0.2) is 0 Å². The minimum atomic E-state index is 0.429. The van der Waals surface area contributed by atoms with E-state index in [-0.39, 0.29) is 0 Å². The summed E-state index contributed by atoms with van der Waals surface area (Å²) in [5, 5.41) is 2.24. The molecule has 1 heterocycles. The molecular weight excluding hydrogens is 753 g/mol. The molecule has 3 fully saturated rings. The van der Waals surface area contributed by atoms with Crippen molar-refractivity contribution in [2.24, 2.45) is 17.8 Å². The smallest absolute Gasteiger partial charge is 0.135 e. The van der Waals surface area contributed by atoms with E-state index in [1.807, 2.05) is 12.1 Å². The van der Waals surface area contributed by atoms with Crippen LogP contribution in [0.4, 0.5) is 34.1 Å². The molecule has 3 saturated carbocycles. The highest BCUT2D eigenvalue weighted by molar-refractivity contribution is 6.06. The molecule has 3 bridgehead atoms. The van der Waals surface area contributed by atoms with Gasteiger partial charge >= 0.3 is 0 Å². The third-order valence-corrected chi connectivity index (χ3v) is 14.8. The normalized spacial score (nSPS) is 20.4. The van der Waals surface area contributed by atoms with E-state index in [0.29, 0.717) is 5.41 Å². The van der Waals surface area contributed by atoms with Crippen LogP contribution in [0, 0.1) is 17.8 Å². The Balaban J connectivity index is 0.813. The second-order valence-corrected chi connectivity index (χ2v) is 18.2.